The number of amides is 1. The number of pyridine rings is 1. The number of aromatic nitrogens is 1. The van der Waals surface area contributed by atoms with E-state index >= 15 is 0 Å². The number of carbonyl (C=O) groups excluding carboxylic acids is 1. The third-order valence-electron chi connectivity index (χ3n) is 4.54. The van der Waals surface area contributed by atoms with Gasteiger partial charge in [-0.2, -0.15) is 5.26 Å². The van der Waals surface area contributed by atoms with Crippen molar-refractivity contribution >= 4 is 11.6 Å². The largest absolute Gasteiger partial charge is 0.487 e. The second kappa shape index (κ2) is 8.61. The standard InChI is InChI=1S/C21H24N4O3/c1-4-27-21-10-9-20(19(11-22)24-21)25-12-18(13-25)28-17-7-5-16(6-8-17)14(2)23-15(3)26/h5-10,14,18H,4,12-13H2,1-3H3,(H,23,26)/t14-/m0/s1. The first-order valence-corrected chi connectivity index (χ1v) is 9.32. The van der Waals surface area contributed by atoms with Crippen LogP contribution in [-0.2, 0) is 4.79 Å². The van der Waals surface area contributed by atoms with Gasteiger partial charge in [0.2, 0.25) is 11.8 Å². The Morgan fingerprint density at radius 3 is 2.64 bits per heavy atom. The quantitative estimate of drug-likeness (QED) is 0.795. The van der Waals surface area contributed by atoms with Gasteiger partial charge < -0.3 is 19.7 Å². The van der Waals surface area contributed by atoms with Crippen LogP contribution in [0.2, 0.25) is 0 Å². The van der Waals surface area contributed by atoms with Gasteiger partial charge in [-0.15, -0.1) is 0 Å². The van der Waals surface area contributed by atoms with Crippen LogP contribution in [0.1, 0.15) is 38.1 Å². The summed E-state index contributed by atoms with van der Waals surface area (Å²) in [7, 11) is 0. The van der Waals surface area contributed by atoms with Gasteiger partial charge >= 0.3 is 0 Å². The summed E-state index contributed by atoms with van der Waals surface area (Å²) in [4.78, 5) is 17.5. The molecule has 1 N–H and O–H groups in total. The summed E-state index contributed by atoms with van der Waals surface area (Å²) in [5.74, 6) is 1.20. The average Bonchev–Trinajstić information content (AvgIpc) is 2.65. The molecule has 1 atom stereocenters. The SMILES string of the molecule is CCOc1ccc(N2CC(Oc3ccc([C@H](C)NC(C)=O)cc3)C2)c(C#N)n1. The smallest absolute Gasteiger partial charge is 0.217 e. The zero-order chi connectivity index (χ0) is 20.1. The number of ether oxygens (including phenoxy) is 2. The lowest BCUT2D eigenvalue weighted by Gasteiger charge is -2.40. The fourth-order valence-electron chi connectivity index (χ4n) is 3.12. The molecule has 1 aliphatic rings. The molecule has 28 heavy (non-hydrogen) atoms. The van der Waals surface area contributed by atoms with E-state index in [0.29, 0.717) is 31.3 Å². The summed E-state index contributed by atoms with van der Waals surface area (Å²) < 4.78 is 11.4. The van der Waals surface area contributed by atoms with Gasteiger partial charge in [-0.25, -0.2) is 4.98 Å². The van der Waals surface area contributed by atoms with Crippen molar-refractivity contribution in [3.05, 3.63) is 47.7 Å². The van der Waals surface area contributed by atoms with Crippen molar-refractivity contribution in [3.8, 4) is 17.7 Å². The molecule has 1 saturated heterocycles. The maximum atomic E-state index is 11.2. The van der Waals surface area contributed by atoms with Crippen LogP contribution in [-0.4, -0.2) is 36.7 Å². The van der Waals surface area contributed by atoms with Gasteiger partial charge in [-0.1, -0.05) is 12.1 Å². The number of benzene rings is 1. The van der Waals surface area contributed by atoms with E-state index in [9.17, 15) is 10.1 Å². The Bertz CT molecular complexity index is 870. The van der Waals surface area contributed by atoms with Crippen LogP contribution in [0.15, 0.2) is 36.4 Å². The Labute approximate surface area is 164 Å². The number of nitriles is 1. The topological polar surface area (TPSA) is 87.5 Å². The molecular formula is C21H24N4O3. The highest BCUT2D eigenvalue weighted by Crippen LogP contribution is 2.28. The highest BCUT2D eigenvalue weighted by Gasteiger charge is 2.30. The van der Waals surface area contributed by atoms with Crippen LogP contribution >= 0.6 is 0 Å². The van der Waals surface area contributed by atoms with Crippen LogP contribution < -0.4 is 19.7 Å². The third kappa shape index (κ3) is 4.52. The molecule has 0 saturated carbocycles. The van der Waals surface area contributed by atoms with Crippen LogP contribution in [0.25, 0.3) is 0 Å². The second-order valence-corrected chi connectivity index (χ2v) is 6.70. The van der Waals surface area contributed by atoms with Gasteiger partial charge in [0.1, 0.15) is 17.9 Å². The number of nitrogens with one attached hydrogen (secondary N) is 1. The van der Waals surface area contributed by atoms with E-state index in [4.69, 9.17) is 9.47 Å². The highest BCUT2D eigenvalue weighted by molar-refractivity contribution is 5.73. The molecular weight excluding hydrogens is 356 g/mol. The van der Waals surface area contributed by atoms with Crippen molar-refractivity contribution in [2.75, 3.05) is 24.6 Å². The van der Waals surface area contributed by atoms with Gasteiger partial charge in [0.25, 0.3) is 0 Å². The lowest BCUT2D eigenvalue weighted by molar-refractivity contribution is -0.119. The van der Waals surface area contributed by atoms with E-state index in [1.807, 2.05) is 44.2 Å². The fourth-order valence-corrected chi connectivity index (χ4v) is 3.12. The van der Waals surface area contributed by atoms with Gasteiger partial charge in [-0.3, -0.25) is 4.79 Å². The molecule has 7 heteroatoms. The molecule has 1 aromatic carbocycles. The van der Waals surface area contributed by atoms with Crippen molar-refractivity contribution in [2.45, 2.75) is 32.9 Å². The number of nitrogens with zero attached hydrogens (tertiary/aromatic N) is 3. The predicted octanol–water partition coefficient (Wildman–Crippen LogP) is 2.82. The van der Waals surface area contributed by atoms with E-state index in [1.54, 1.807) is 6.07 Å². The molecule has 1 fully saturated rings. The average molecular weight is 380 g/mol. The summed E-state index contributed by atoms with van der Waals surface area (Å²) in [6.45, 7) is 7.22. The van der Waals surface area contributed by atoms with E-state index in [0.717, 1.165) is 17.0 Å². The molecule has 146 valence electrons. The van der Waals surface area contributed by atoms with Crippen molar-refractivity contribution in [3.63, 3.8) is 0 Å². The third-order valence-corrected chi connectivity index (χ3v) is 4.54. The predicted molar refractivity (Wildman–Crippen MR) is 105 cm³/mol. The Morgan fingerprint density at radius 2 is 2.04 bits per heavy atom. The van der Waals surface area contributed by atoms with E-state index in [2.05, 4.69) is 21.3 Å². The molecule has 0 bridgehead atoms. The summed E-state index contributed by atoms with van der Waals surface area (Å²) in [5, 5.41) is 12.2. The minimum Gasteiger partial charge on any atom is -0.487 e. The van der Waals surface area contributed by atoms with Crippen molar-refractivity contribution < 1.29 is 14.3 Å². The molecule has 7 nitrogen and oxygen atoms in total. The Morgan fingerprint density at radius 1 is 1.32 bits per heavy atom. The maximum Gasteiger partial charge on any atom is 0.217 e. The highest BCUT2D eigenvalue weighted by atomic mass is 16.5. The van der Waals surface area contributed by atoms with Crippen molar-refractivity contribution in [2.24, 2.45) is 0 Å². The van der Waals surface area contributed by atoms with E-state index in [1.165, 1.54) is 6.92 Å². The monoisotopic (exact) mass is 380 g/mol. The van der Waals surface area contributed by atoms with Crippen molar-refractivity contribution in [1.29, 1.82) is 5.26 Å². The lowest BCUT2D eigenvalue weighted by Crippen LogP contribution is -2.54. The Hall–Kier alpha value is -3.27. The molecule has 0 aliphatic carbocycles. The molecule has 0 radical (unpaired) electrons. The summed E-state index contributed by atoms with van der Waals surface area (Å²) >= 11 is 0. The number of hydrogen-bond donors (Lipinski definition) is 1. The molecule has 1 aromatic heterocycles. The lowest BCUT2D eigenvalue weighted by atomic mass is 10.1. The zero-order valence-corrected chi connectivity index (χ0v) is 16.3. The number of rotatable bonds is 7. The molecule has 2 aromatic rings. The van der Waals surface area contributed by atoms with Crippen LogP contribution in [0.5, 0.6) is 11.6 Å². The Balaban J connectivity index is 1.56. The Kier molecular flexibility index (Phi) is 5.99. The maximum absolute atomic E-state index is 11.2. The number of anilines is 1. The van der Waals surface area contributed by atoms with E-state index in [-0.39, 0.29) is 18.1 Å². The van der Waals surface area contributed by atoms with Crippen molar-refractivity contribution in [1.82, 2.24) is 10.3 Å². The number of hydrogen-bond acceptors (Lipinski definition) is 6. The molecule has 2 heterocycles. The number of carbonyl (C=O) groups is 1. The van der Waals surface area contributed by atoms with Crippen LogP contribution in [0, 0.1) is 11.3 Å². The molecule has 0 spiro atoms. The zero-order valence-electron chi connectivity index (χ0n) is 16.3. The first-order valence-electron chi connectivity index (χ1n) is 9.32. The van der Waals surface area contributed by atoms with Crippen LogP contribution in [0.4, 0.5) is 5.69 Å². The second-order valence-electron chi connectivity index (χ2n) is 6.70. The first-order chi connectivity index (χ1) is 13.5. The molecule has 1 aliphatic heterocycles. The first kappa shape index (κ1) is 19.5. The van der Waals surface area contributed by atoms with Gasteiger partial charge in [-0.05, 0) is 37.6 Å². The van der Waals surface area contributed by atoms with E-state index < -0.39 is 0 Å². The minimum absolute atomic E-state index is 0.0395. The molecule has 3 rings (SSSR count). The van der Waals surface area contributed by atoms with Gasteiger partial charge in [0.15, 0.2) is 5.69 Å². The summed E-state index contributed by atoms with van der Waals surface area (Å²) in [6, 6.07) is 13.5. The summed E-state index contributed by atoms with van der Waals surface area (Å²) in [6.07, 6.45) is 0.0525. The molecule has 0 unspecified atom stereocenters. The summed E-state index contributed by atoms with van der Waals surface area (Å²) in [5.41, 5.74) is 2.18. The fraction of sp³-hybridized carbons (Fsp3) is 0.381. The molecule has 1 amide bonds. The minimum atomic E-state index is -0.0529. The van der Waals surface area contributed by atoms with Crippen LogP contribution in [0.3, 0.4) is 0 Å². The van der Waals surface area contributed by atoms with Gasteiger partial charge in [0.05, 0.1) is 31.4 Å². The van der Waals surface area contributed by atoms with Gasteiger partial charge in [0, 0.05) is 13.0 Å². The normalized spacial score (nSPS) is 14.6.